The van der Waals surface area contributed by atoms with Crippen molar-refractivity contribution in [3.8, 4) is 0 Å². The van der Waals surface area contributed by atoms with E-state index in [0.717, 1.165) is 23.0 Å². The zero-order valence-corrected chi connectivity index (χ0v) is 11.6. The highest BCUT2D eigenvalue weighted by molar-refractivity contribution is 5.91. The van der Waals surface area contributed by atoms with Gasteiger partial charge in [0.05, 0.1) is 5.52 Å². The molecule has 1 aliphatic carbocycles. The molecule has 0 bridgehead atoms. The summed E-state index contributed by atoms with van der Waals surface area (Å²) >= 11 is 0. The van der Waals surface area contributed by atoms with Crippen molar-refractivity contribution in [2.45, 2.75) is 38.1 Å². The second kappa shape index (κ2) is 4.41. The van der Waals surface area contributed by atoms with Crippen LogP contribution in [-0.4, -0.2) is 10.1 Å². The van der Waals surface area contributed by atoms with Crippen LogP contribution in [0.15, 0.2) is 35.1 Å². The van der Waals surface area contributed by atoms with Crippen molar-refractivity contribution in [1.29, 1.82) is 0 Å². The number of fused-ring (bicyclic) bond motifs is 1. The van der Waals surface area contributed by atoms with Gasteiger partial charge >= 0.3 is 0 Å². The number of aryl methyl sites for hydroxylation is 1. The molecule has 0 amide bonds. The fourth-order valence-corrected chi connectivity index (χ4v) is 2.97. The standard InChI is InChI=1S/C16H20N2O/c1-3-16(9-6-10-16)17-13-11-15(19)18(2)14-8-5-4-7-12(13)14/h4-5,7-8,11,17H,3,6,9-10H2,1-2H3. The lowest BCUT2D eigenvalue weighted by Crippen LogP contribution is -2.44. The molecule has 100 valence electrons. The van der Waals surface area contributed by atoms with Crippen molar-refractivity contribution in [2.75, 3.05) is 5.32 Å². The number of hydrogen-bond acceptors (Lipinski definition) is 2. The average Bonchev–Trinajstić information content (AvgIpc) is 2.39. The van der Waals surface area contributed by atoms with Crippen molar-refractivity contribution in [3.05, 3.63) is 40.7 Å². The quantitative estimate of drug-likeness (QED) is 0.914. The van der Waals surface area contributed by atoms with Gasteiger partial charge in [0.25, 0.3) is 5.56 Å². The van der Waals surface area contributed by atoms with Crippen molar-refractivity contribution < 1.29 is 0 Å². The molecule has 0 spiro atoms. The van der Waals surface area contributed by atoms with E-state index in [1.807, 2.05) is 25.2 Å². The van der Waals surface area contributed by atoms with Gasteiger partial charge in [-0.2, -0.15) is 0 Å². The van der Waals surface area contributed by atoms with E-state index in [-0.39, 0.29) is 11.1 Å². The van der Waals surface area contributed by atoms with Crippen molar-refractivity contribution >= 4 is 16.6 Å². The van der Waals surface area contributed by atoms with Gasteiger partial charge < -0.3 is 9.88 Å². The topological polar surface area (TPSA) is 34.0 Å². The zero-order valence-electron chi connectivity index (χ0n) is 11.6. The first-order valence-electron chi connectivity index (χ1n) is 7.02. The average molecular weight is 256 g/mol. The molecule has 1 heterocycles. The number of aromatic nitrogens is 1. The van der Waals surface area contributed by atoms with Crippen LogP contribution >= 0.6 is 0 Å². The summed E-state index contributed by atoms with van der Waals surface area (Å²) in [7, 11) is 1.83. The van der Waals surface area contributed by atoms with Crippen LogP contribution in [0, 0.1) is 0 Å². The summed E-state index contributed by atoms with van der Waals surface area (Å²) in [6.45, 7) is 2.22. The third-order valence-electron chi connectivity index (χ3n) is 4.54. The van der Waals surface area contributed by atoms with Gasteiger partial charge in [-0.15, -0.1) is 0 Å². The molecule has 0 aliphatic heterocycles. The summed E-state index contributed by atoms with van der Waals surface area (Å²) in [5, 5.41) is 4.77. The molecule has 0 atom stereocenters. The Bertz CT molecular complexity index is 662. The number of nitrogens with zero attached hydrogens (tertiary/aromatic N) is 1. The van der Waals surface area contributed by atoms with E-state index in [1.165, 1.54) is 19.3 Å². The van der Waals surface area contributed by atoms with Gasteiger partial charge in [0, 0.05) is 29.7 Å². The van der Waals surface area contributed by atoms with E-state index in [1.54, 1.807) is 10.6 Å². The Labute approximate surface area is 113 Å². The number of anilines is 1. The lowest BCUT2D eigenvalue weighted by Gasteiger charge is -2.43. The zero-order chi connectivity index (χ0) is 13.5. The highest BCUT2D eigenvalue weighted by Crippen LogP contribution is 2.39. The van der Waals surface area contributed by atoms with Crippen LogP contribution in [0.2, 0.25) is 0 Å². The predicted octanol–water partition coefficient (Wildman–Crippen LogP) is 3.28. The van der Waals surface area contributed by atoms with E-state index in [4.69, 9.17) is 0 Å². The molecular weight excluding hydrogens is 236 g/mol. The van der Waals surface area contributed by atoms with Crippen LogP contribution < -0.4 is 10.9 Å². The van der Waals surface area contributed by atoms with Gasteiger partial charge in [-0.05, 0) is 31.7 Å². The first-order valence-corrected chi connectivity index (χ1v) is 7.02. The number of rotatable bonds is 3. The third kappa shape index (κ3) is 1.93. The molecule has 3 heteroatoms. The van der Waals surface area contributed by atoms with Gasteiger partial charge in [-0.25, -0.2) is 0 Å². The second-order valence-corrected chi connectivity index (χ2v) is 5.58. The molecule has 1 aromatic heterocycles. The smallest absolute Gasteiger partial charge is 0.252 e. The minimum Gasteiger partial charge on any atom is -0.379 e. The first-order chi connectivity index (χ1) is 9.15. The van der Waals surface area contributed by atoms with Gasteiger partial charge in [0.15, 0.2) is 0 Å². The van der Waals surface area contributed by atoms with E-state index in [2.05, 4.69) is 18.3 Å². The number of pyridine rings is 1. The normalized spacial score (nSPS) is 17.2. The molecule has 3 nitrogen and oxygen atoms in total. The highest BCUT2D eigenvalue weighted by atomic mass is 16.1. The van der Waals surface area contributed by atoms with Crippen LogP contribution in [0.5, 0.6) is 0 Å². The first kappa shape index (κ1) is 12.3. The van der Waals surface area contributed by atoms with Gasteiger partial charge in [-0.1, -0.05) is 25.1 Å². The lowest BCUT2D eigenvalue weighted by atomic mass is 9.74. The molecule has 0 radical (unpaired) electrons. The Hall–Kier alpha value is -1.77. The Morgan fingerprint density at radius 2 is 2.05 bits per heavy atom. The Balaban J connectivity index is 2.13. The predicted molar refractivity (Wildman–Crippen MR) is 79.7 cm³/mol. The summed E-state index contributed by atoms with van der Waals surface area (Å²) < 4.78 is 1.71. The van der Waals surface area contributed by atoms with E-state index < -0.39 is 0 Å². The Kier molecular flexibility index (Phi) is 2.85. The molecule has 1 aliphatic rings. The van der Waals surface area contributed by atoms with Crippen LogP contribution in [0.3, 0.4) is 0 Å². The van der Waals surface area contributed by atoms with Crippen molar-refractivity contribution in [2.24, 2.45) is 7.05 Å². The molecule has 0 saturated heterocycles. The lowest BCUT2D eigenvalue weighted by molar-refractivity contribution is 0.270. The van der Waals surface area contributed by atoms with E-state index in [0.29, 0.717) is 0 Å². The molecule has 0 unspecified atom stereocenters. The van der Waals surface area contributed by atoms with Gasteiger partial charge in [-0.3, -0.25) is 4.79 Å². The molecule has 19 heavy (non-hydrogen) atoms. The number of hydrogen-bond donors (Lipinski definition) is 1. The molecule has 1 fully saturated rings. The number of benzene rings is 1. The molecule has 1 saturated carbocycles. The summed E-state index contributed by atoms with van der Waals surface area (Å²) in [4.78, 5) is 12.1. The van der Waals surface area contributed by atoms with Crippen molar-refractivity contribution in [3.63, 3.8) is 0 Å². The number of para-hydroxylation sites is 1. The van der Waals surface area contributed by atoms with Gasteiger partial charge in [0.1, 0.15) is 0 Å². The molecule has 2 aromatic rings. The molecule has 1 aromatic carbocycles. The maximum Gasteiger partial charge on any atom is 0.252 e. The summed E-state index contributed by atoms with van der Waals surface area (Å²) in [5.74, 6) is 0. The molecule has 1 N–H and O–H groups in total. The summed E-state index contributed by atoms with van der Waals surface area (Å²) in [6.07, 6.45) is 4.79. The Morgan fingerprint density at radius 3 is 2.68 bits per heavy atom. The fraction of sp³-hybridized carbons (Fsp3) is 0.438. The van der Waals surface area contributed by atoms with E-state index >= 15 is 0 Å². The Morgan fingerprint density at radius 1 is 1.32 bits per heavy atom. The largest absolute Gasteiger partial charge is 0.379 e. The highest BCUT2D eigenvalue weighted by Gasteiger charge is 2.35. The second-order valence-electron chi connectivity index (χ2n) is 5.58. The summed E-state index contributed by atoms with van der Waals surface area (Å²) in [6, 6.07) is 9.82. The minimum absolute atomic E-state index is 0.0479. The van der Waals surface area contributed by atoms with Crippen LogP contribution in [0.1, 0.15) is 32.6 Å². The third-order valence-corrected chi connectivity index (χ3v) is 4.54. The van der Waals surface area contributed by atoms with Gasteiger partial charge in [0.2, 0.25) is 0 Å². The minimum atomic E-state index is 0.0479. The van der Waals surface area contributed by atoms with Crippen LogP contribution in [0.25, 0.3) is 10.9 Å². The fourth-order valence-electron chi connectivity index (χ4n) is 2.97. The van der Waals surface area contributed by atoms with E-state index in [9.17, 15) is 4.79 Å². The maximum atomic E-state index is 12.1. The maximum absolute atomic E-state index is 12.1. The molecule has 3 rings (SSSR count). The van der Waals surface area contributed by atoms with Crippen molar-refractivity contribution in [1.82, 2.24) is 4.57 Å². The van der Waals surface area contributed by atoms with Crippen LogP contribution in [-0.2, 0) is 7.05 Å². The number of nitrogens with one attached hydrogen (secondary N) is 1. The molecular formula is C16H20N2O. The monoisotopic (exact) mass is 256 g/mol. The summed E-state index contributed by atoms with van der Waals surface area (Å²) in [5.41, 5.74) is 2.23. The SMILES string of the molecule is CCC1(Nc2cc(=O)n(C)c3ccccc23)CCC1. The van der Waals surface area contributed by atoms with Crippen LogP contribution in [0.4, 0.5) is 5.69 Å².